The number of nitrogens with zero attached hydrogens (tertiary/aromatic N) is 1. The second-order valence-electron chi connectivity index (χ2n) is 7.22. The molecule has 0 aromatic heterocycles. The zero-order valence-corrected chi connectivity index (χ0v) is 17.9. The summed E-state index contributed by atoms with van der Waals surface area (Å²) in [7, 11) is -4.07. The Labute approximate surface area is 181 Å². The second kappa shape index (κ2) is 9.90. The molecule has 0 radical (unpaired) electrons. The molecule has 1 aliphatic heterocycles. The lowest BCUT2D eigenvalue weighted by atomic mass is 10.2. The summed E-state index contributed by atoms with van der Waals surface area (Å²) in [6, 6.07) is 11.6. The third-order valence-corrected chi connectivity index (χ3v) is 6.32. The highest BCUT2D eigenvalue weighted by atomic mass is 32.2. The molecule has 0 bridgehead atoms. The fourth-order valence-electron chi connectivity index (χ4n) is 3.14. The molecular formula is C21H25N3O6S. The van der Waals surface area contributed by atoms with Crippen molar-refractivity contribution in [3.8, 4) is 0 Å². The van der Waals surface area contributed by atoms with Crippen LogP contribution in [0.5, 0.6) is 0 Å². The fourth-order valence-corrected chi connectivity index (χ4v) is 4.34. The molecule has 166 valence electrons. The molecule has 3 N–H and O–H groups in total. The van der Waals surface area contributed by atoms with Gasteiger partial charge >= 0.3 is 5.97 Å². The highest BCUT2D eigenvalue weighted by Gasteiger charge is 2.28. The number of rotatable bonds is 8. The van der Waals surface area contributed by atoms with E-state index in [2.05, 4.69) is 14.9 Å². The number of aryl methyl sites for hydroxylation is 1. The number of sulfonamides is 1. The number of aliphatic carboxylic acids is 1. The summed E-state index contributed by atoms with van der Waals surface area (Å²) in [6.07, 6.45) is -0.692. The van der Waals surface area contributed by atoms with E-state index in [1.807, 2.05) is 19.1 Å². The van der Waals surface area contributed by atoms with Crippen LogP contribution in [0, 0.1) is 6.92 Å². The average Bonchev–Trinajstić information content (AvgIpc) is 2.74. The smallest absolute Gasteiger partial charge is 0.305 e. The van der Waals surface area contributed by atoms with E-state index in [1.165, 1.54) is 12.1 Å². The highest BCUT2D eigenvalue weighted by Crippen LogP contribution is 2.19. The topological polar surface area (TPSA) is 125 Å². The Bertz CT molecular complexity index is 1020. The van der Waals surface area contributed by atoms with Gasteiger partial charge in [-0.3, -0.25) is 9.59 Å². The molecule has 1 aliphatic rings. The van der Waals surface area contributed by atoms with Gasteiger partial charge in [0.2, 0.25) is 15.9 Å². The predicted octanol–water partition coefficient (Wildman–Crippen LogP) is 1.59. The first-order chi connectivity index (χ1) is 14.7. The van der Waals surface area contributed by atoms with Gasteiger partial charge in [-0.1, -0.05) is 17.7 Å². The van der Waals surface area contributed by atoms with Gasteiger partial charge in [0.15, 0.2) is 0 Å². The van der Waals surface area contributed by atoms with Crippen molar-refractivity contribution in [1.82, 2.24) is 4.72 Å². The van der Waals surface area contributed by atoms with E-state index < -0.39 is 34.4 Å². The van der Waals surface area contributed by atoms with Crippen LogP contribution in [0.1, 0.15) is 12.0 Å². The molecule has 1 amide bonds. The molecule has 0 spiro atoms. The number of carbonyl (C=O) groups excluding carboxylic acids is 1. The molecule has 1 saturated heterocycles. The summed E-state index contributed by atoms with van der Waals surface area (Å²) >= 11 is 0. The summed E-state index contributed by atoms with van der Waals surface area (Å²) in [6.45, 7) is 4.65. The van der Waals surface area contributed by atoms with Crippen LogP contribution < -0.4 is 14.9 Å². The van der Waals surface area contributed by atoms with Crippen LogP contribution in [-0.2, 0) is 24.3 Å². The van der Waals surface area contributed by atoms with Crippen molar-refractivity contribution in [2.24, 2.45) is 0 Å². The van der Waals surface area contributed by atoms with E-state index in [1.54, 1.807) is 24.3 Å². The van der Waals surface area contributed by atoms with E-state index in [0.29, 0.717) is 18.9 Å². The van der Waals surface area contributed by atoms with Gasteiger partial charge in [-0.05, 0) is 43.3 Å². The molecule has 0 saturated carbocycles. The molecule has 1 unspecified atom stereocenters. The maximum atomic E-state index is 12.7. The Morgan fingerprint density at radius 2 is 1.68 bits per heavy atom. The van der Waals surface area contributed by atoms with Gasteiger partial charge in [0.25, 0.3) is 0 Å². The standard InChI is InChI=1S/C21H25N3O6S/c1-15-2-8-18(9-3-15)31(28,29)23-19(14-20(25)26)21(27)22-16-4-6-17(7-5-16)24-10-12-30-13-11-24/h2-9,19,23H,10-14H2,1H3,(H,22,27)(H,25,26). The average molecular weight is 448 g/mol. The predicted molar refractivity (Wildman–Crippen MR) is 116 cm³/mol. The van der Waals surface area contributed by atoms with E-state index in [9.17, 15) is 18.0 Å². The van der Waals surface area contributed by atoms with Crippen molar-refractivity contribution >= 4 is 33.3 Å². The molecule has 1 heterocycles. The second-order valence-corrected chi connectivity index (χ2v) is 8.93. The number of carboxylic acids is 1. The zero-order chi connectivity index (χ0) is 22.4. The van der Waals surface area contributed by atoms with Crippen LogP contribution in [0.15, 0.2) is 53.4 Å². The monoisotopic (exact) mass is 447 g/mol. The van der Waals surface area contributed by atoms with E-state index in [4.69, 9.17) is 9.84 Å². The maximum absolute atomic E-state index is 12.7. The Morgan fingerprint density at radius 1 is 1.06 bits per heavy atom. The quantitative estimate of drug-likeness (QED) is 0.561. The number of anilines is 2. The Morgan fingerprint density at radius 3 is 2.26 bits per heavy atom. The first-order valence-corrected chi connectivity index (χ1v) is 11.3. The van der Waals surface area contributed by atoms with Crippen LogP contribution in [0.25, 0.3) is 0 Å². The van der Waals surface area contributed by atoms with Crippen LogP contribution in [0.2, 0.25) is 0 Å². The maximum Gasteiger partial charge on any atom is 0.305 e. The van der Waals surface area contributed by atoms with Crippen molar-refractivity contribution in [1.29, 1.82) is 0 Å². The minimum atomic E-state index is -4.07. The van der Waals surface area contributed by atoms with Crippen molar-refractivity contribution in [2.75, 3.05) is 36.5 Å². The van der Waals surface area contributed by atoms with E-state index in [0.717, 1.165) is 24.3 Å². The lowest BCUT2D eigenvalue weighted by molar-refractivity contribution is -0.139. The lowest BCUT2D eigenvalue weighted by Crippen LogP contribution is -2.45. The number of amides is 1. The molecule has 3 rings (SSSR count). The largest absolute Gasteiger partial charge is 0.481 e. The number of hydrogen-bond acceptors (Lipinski definition) is 6. The minimum Gasteiger partial charge on any atom is -0.481 e. The number of nitrogens with one attached hydrogen (secondary N) is 2. The Kier molecular flexibility index (Phi) is 7.26. The molecule has 2 aromatic carbocycles. The number of hydrogen-bond donors (Lipinski definition) is 3. The van der Waals surface area contributed by atoms with E-state index in [-0.39, 0.29) is 4.90 Å². The van der Waals surface area contributed by atoms with Gasteiger partial charge < -0.3 is 20.1 Å². The molecule has 9 nitrogen and oxygen atoms in total. The summed E-state index contributed by atoms with van der Waals surface area (Å²) in [5, 5.41) is 11.7. The summed E-state index contributed by atoms with van der Waals surface area (Å²) < 4.78 is 32.8. The third-order valence-electron chi connectivity index (χ3n) is 4.84. The van der Waals surface area contributed by atoms with Crippen molar-refractivity contribution in [2.45, 2.75) is 24.3 Å². The lowest BCUT2D eigenvalue weighted by Gasteiger charge is -2.29. The fraction of sp³-hybridized carbons (Fsp3) is 0.333. The zero-order valence-electron chi connectivity index (χ0n) is 17.1. The van der Waals surface area contributed by atoms with Gasteiger partial charge in [-0.25, -0.2) is 8.42 Å². The molecular weight excluding hydrogens is 422 g/mol. The van der Waals surface area contributed by atoms with Gasteiger partial charge in [0.1, 0.15) is 6.04 Å². The Balaban J connectivity index is 1.70. The number of carboxylic acid groups (broad SMARTS) is 1. The molecule has 2 aromatic rings. The van der Waals surface area contributed by atoms with Gasteiger partial charge in [-0.2, -0.15) is 4.72 Å². The van der Waals surface area contributed by atoms with E-state index >= 15 is 0 Å². The highest BCUT2D eigenvalue weighted by molar-refractivity contribution is 7.89. The van der Waals surface area contributed by atoms with Crippen LogP contribution >= 0.6 is 0 Å². The molecule has 1 fully saturated rings. The summed E-state index contributed by atoms with van der Waals surface area (Å²) in [5.74, 6) is -2.05. The van der Waals surface area contributed by atoms with Crippen LogP contribution in [0.3, 0.4) is 0 Å². The minimum absolute atomic E-state index is 0.0452. The van der Waals surface area contributed by atoms with Crippen LogP contribution in [0.4, 0.5) is 11.4 Å². The molecule has 31 heavy (non-hydrogen) atoms. The molecule has 10 heteroatoms. The van der Waals surface area contributed by atoms with Gasteiger partial charge in [0, 0.05) is 24.5 Å². The normalized spacial score (nSPS) is 15.3. The van der Waals surface area contributed by atoms with Crippen molar-refractivity contribution in [3.63, 3.8) is 0 Å². The van der Waals surface area contributed by atoms with Crippen molar-refractivity contribution < 1.29 is 27.9 Å². The van der Waals surface area contributed by atoms with Gasteiger partial charge in [-0.15, -0.1) is 0 Å². The first-order valence-electron chi connectivity index (χ1n) is 9.79. The Hall–Kier alpha value is -2.95. The number of ether oxygens (including phenoxy) is 1. The number of benzene rings is 2. The summed E-state index contributed by atoms with van der Waals surface area (Å²) in [4.78, 5) is 26.0. The number of morpholine rings is 1. The third kappa shape index (κ3) is 6.27. The number of carbonyl (C=O) groups is 2. The molecule has 1 atom stereocenters. The van der Waals surface area contributed by atoms with Crippen molar-refractivity contribution in [3.05, 3.63) is 54.1 Å². The van der Waals surface area contributed by atoms with Crippen LogP contribution in [-0.4, -0.2) is 57.7 Å². The SMILES string of the molecule is Cc1ccc(S(=O)(=O)NC(CC(=O)O)C(=O)Nc2ccc(N3CCOCC3)cc2)cc1. The van der Waals surface area contributed by atoms with Gasteiger partial charge in [0.05, 0.1) is 24.5 Å². The first kappa shape index (κ1) is 22.7. The summed E-state index contributed by atoms with van der Waals surface area (Å²) in [5.41, 5.74) is 2.29. The molecule has 0 aliphatic carbocycles.